The molecule has 0 saturated heterocycles. The Kier molecular flexibility index (Phi) is 3.71. The summed E-state index contributed by atoms with van der Waals surface area (Å²) in [6, 6.07) is 19.8. The lowest BCUT2D eigenvalue weighted by Gasteiger charge is -2.16. The molecule has 0 radical (unpaired) electrons. The van der Waals surface area contributed by atoms with Crippen molar-refractivity contribution in [3.63, 3.8) is 0 Å². The third-order valence-electron chi connectivity index (χ3n) is 7.11. The molecule has 0 fully saturated rings. The fourth-order valence-corrected chi connectivity index (χ4v) is 5.49. The van der Waals surface area contributed by atoms with Crippen LogP contribution in [0.4, 0.5) is 0 Å². The van der Waals surface area contributed by atoms with E-state index >= 15 is 0 Å². The van der Waals surface area contributed by atoms with Crippen molar-refractivity contribution in [1.82, 2.24) is 9.55 Å². The van der Waals surface area contributed by atoms with Crippen LogP contribution in [0.25, 0.3) is 38.9 Å². The van der Waals surface area contributed by atoms with Gasteiger partial charge in [0.15, 0.2) is 0 Å². The van der Waals surface area contributed by atoms with Gasteiger partial charge in [-0.05, 0) is 73.7 Å². The number of benzene rings is 3. The number of para-hydroxylation sites is 2. The first-order chi connectivity index (χ1) is 15.0. The minimum absolute atomic E-state index is 0.866. The smallest absolute Gasteiger partial charge is 0.213 e. The molecule has 3 heteroatoms. The molecule has 0 saturated carbocycles. The van der Waals surface area contributed by atoms with E-state index in [2.05, 4.69) is 98.5 Å². The highest BCUT2D eigenvalue weighted by atomic mass is 15.1. The van der Waals surface area contributed by atoms with Crippen LogP contribution in [0.5, 0.6) is 0 Å². The molecule has 152 valence electrons. The summed E-state index contributed by atoms with van der Waals surface area (Å²) in [5, 5.41) is 1.36. The maximum Gasteiger partial charge on any atom is 0.213 e. The highest BCUT2D eigenvalue weighted by Gasteiger charge is 2.30. The molecule has 6 rings (SSSR count). The van der Waals surface area contributed by atoms with Crippen molar-refractivity contribution < 1.29 is 4.57 Å². The highest BCUT2D eigenvalue weighted by Crippen LogP contribution is 2.41. The zero-order valence-corrected chi connectivity index (χ0v) is 18.7. The van der Waals surface area contributed by atoms with Crippen molar-refractivity contribution in [2.45, 2.75) is 34.1 Å². The second-order valence-corrected chi connectivity index (χ2v) is 8.96. The second kappa shape index (κ2) is 6.27. The molecule has 1 aliphatic rings. The molecule has 5 aromatic rings. The van der Waals surface area contributed by atoms with Crippen LogP contribution >= 0.6 is 0 Å². The molecule has 31 heavy (non-hydrogen) atoms. The Morgan fingerprint density at radius 3 is 2.52 bits per heavy atom. The normalized spacial score (nSPS) is 12.5. The molecule has 0 N–H and O–H groups in total. The monoisotopic (exact) mass is 404 g/mol. The Morgan fingerprint density at radius 2 is 1.68 bits per heavy atom. The maximum absolute atomic E-state index is 4.96. The van der Waals surface area contributed by atoms with Crippen LogP contribution in [-0.4, -0.2) is 9.55 Å². The molecule has 3 heterocycles. The quantitative estimate of drug-likeness (QED) is 0.317. The van der Waals surface area contributed by atoms with Gasteiger partial charge in [0, 0.05) is 18.6 Å². The minimum Gasteiger partial charge on any atom is -0.296 e. The van der Waals surface area contributed by atoms with E-state index in [4.69, 9.17) is 4.98 Å². The first-order valence-corrected chi connectivity index (χ1v) is 10.9. The second-order valence-electron chi connectivity index (χ2n) is 8.96. The van der Waals surface area contributed by atoms with Gasteiger partial charge < -0.3 is 0 Å². The third-order valence-corrected chi connectivity index (χ3v) is 7.11. The van der Waals surface area contributed by atoms with Crippen LogP contribution in [0.15, 0.2) is 54.6 Å². The van der Waals surface area contributed by atoms with Crippen molar-refractivity contribution in [3.8, 4) is 16.9 Å². The predicted molar refractivity (Wildman–Crippen MR) is 127 cm³/mol. The molecular formula is C28H26N3+. The molecule has 0 aliphatic carbocycles. The van der Waals surface area contributed by atoms with E-state index in [9.17, 15) is 0 Å². The van der Waals surface area contributed by atoms with Gasteiger partial charge in [-0.15, -0.1) is 0 Å². The van der Waals surface area contributed by atoms with E-state index in [1.807, 2.05) is 0 Å². The van der Waals surface area contributed by atoms with Gasteiger partial charge in [-0.25, -0.2) is 4.98 Å². The van der Waals surface area contributed by atoms with E-state index < -0.39 is 0 Å². The number of hydrogen-bond donors (Lipinski definition) is 0. The minimum atomic E-state index is 0.866. The molecule has 3 aromatic carbocycles. The summed E-state index contributed by atoms with van der Waals surface area (Å²) in [7, 11) is 2.20. The molecule has 0 amide bonds. The first kappa shape index (κ1) is 18.3. The number of imidazole rings is 1. The largest absolute Gasteiger partial charge is 0.296 e. The van der Waals surface area contributed by atoms with E-state index in [0.717, 1.165) is 17.8 Å². The SMILES string of the molecule is Cc1cc2c(c(-c3cc(C)c4c(C)cccc4[n+]3C)c1C)Cc1nc3ccccc3n1-2. The standard InChI is InChI=1S/C28H26N3/c1-16-9-8-12-23-27(16)18(3)14-25(30(23)5)28-19(4)17(2)13-24-20(28)15-26-29-21-10-6-7-11-22(21)31(24)26/h6-14H,15H2,1-5H3/q+1. The van der Waals surface area contributed by atoms with Gasteiger partial charge in [0.2, 0.25) is 11.2 Å². The van der Waals surface area contributed by atoms with Gasteiger partial charge in [0.25, 0.3) is 0 Å². The Labute approximate surface area is 182 Å². The lowest BCUT2D eigenvalue weighted by molar-refractivity contribution is -0.633. The summed E-state index contributed by atoms with van der Waals surface area (Å²) in [5.41, 5.74) is 14.2. The van der Waals surface area contributed by atoms with E-state index in [1.54, 1.807) is 0 Å². The third kappa shape index (κ3) is 2.40. The fraction of sp³-hybridized carbons (Fsp3) is 0.214. The maximum atomic E-state index is 4.96. The van der Waals surface area contributed by atoms with Crippen molar-refractivity contribution >= 4 is 21.9 Å². The zero-order valence-electron chi connectivity index (χ0n) is 18.7. The fourth-order valence-electron chi connectivity index (χ4n) is 5.49. The van der Waals surface area contributed by atoms with E-state index in [1.165, 1.54) is 61.2 Å². The zero-order chi connectivity index (χ0) is 21.4. The van der Waals surface area contributed by atoms with Crippen molar-refractivity contribution in [3.05, 3.63) is 88.2 Å². The lowest BCUT2D eigenvalue weighted by atomic mass is 9.91. The van der Waals surface area contributed by atoms with Gasteiger partial charge in [-0.3, -0.25) is 4.57 Å². The number of pyridine rings is 1. The van der Waals surface area contributed by atoms with Gasteiger partial charge in [0.05, 0.1) is 27.7 Å². The summed E-state index contributed by atoms with van der Waals surface area (Å²) in [6.07, 6.45) is 0.866. The van der Waals surface area contributed by atoms with Crippen LogP contribution in [0, 0.1) is 27.7 Å². The number of nitrogens with zero attached hydrogens (tertiary/aromatic N) is 3. The van der Waals surface area contributed by atoms with E-state index in [-0.39, 0.29) is 0 Å². The molecular weight excluding hydrogens is 378 g/mol. The predicted octanol–water partition coefficient (Wildman–Crippen LogP) is 5.81. The summed E-state index contributed by atoms with van der Waals surface area (Å²) >= 11 is 0. The van der Waals surface area contributed by atoms with Crippen molar-refractivity contribution in [1.29, 1.82) is 0 Å². The van der Waals surface area contributed by atoms with Crippen molar-refractivity contribution in [2.75, 3.05) is 0 Å². The Balaban J connectivity index is 1.70. The summed E-state index contributed by atoms with van der Waals surface area (Å²) < 4.78 is 4.73. The molecule has 0 spiro atoms. The van der Waals surface area contributed by atoms with Gasteiger partial charge in [-0.2, -0.15) is 4.57 Å². The average Bonchev–Trinajstić information content (AvgIpc) is 3.28. The number of aromatic nitrogens is 3. The Hall–Kier alpha value is -3.46. The number of rotatable bonds is 1. The lowest BCUT2D eigenvalue weighted by Crippen LogP contribution is -2.33. The summed E-state index contributed by atoms with van der Waals surface area (Å²) in [5.74, 6) is 1.14. The highest BCUT2D eigenvalue weighted by molar-refractivity contribution is 5.87. The van der Waals surface area contributed by atoms with E-state index in [0.29, 0.717) is 0 Å². The molecule has 1 aliphatic heterocycles. The summed E-state index contributed by atoms with van der Waals surface area (Å²) in [4.78, 5) is 4.96. The van der Waals surface area contributed by atoms with Crippen LogP contribution in [-0.2, 0) is 13.5 Å². The van der Waals surface area contributed by atoms with Crippen LogP contribution in [0.1, 0.15) is 33.6 Å². The van der Waals surface area contributed by atoms with Crippen LogP contribution in [0.2, 0.25) is 0 Å². The number of hydrogen-bond acceptors (Lipinski definition) is 1. The molecule has 0 atom stereocenters. The van der Waals surface area contributed by atoms with Crippen LogP contribution < -0.4 is 4.57 Å². The topological polar surface area (TPSA) is 21.7 Å². The Morgan fingerprint density at radius 1 is 0.871 bits per heavy atom. The van der Waals surface area contributed by atoms with Gasteiger partial charge in [0.1, 0.15) is 12.9 Å². The number of aryl methyl sites for hydroxylation is 4. The Bertz CT molecular complexity index is 1550. The molecule has 2 aromatic heterocycles. The van der Waals surface area contributed by atoms with Gasteiger partial charge >= 0.3 is 0 Å². The summed E-state index contributed by atoms with van der Waals surface area (Å²) in [6.45, 7) is 8.94. The first-order valence-electron chi connectivity index (χ1n) is 10.9. The average molecular weight is 405 g/mol. The van der Waals surface area contributed by atoms with Gasteiger partial charge in [-0.1, -0.05) is 24.3 Å². The van der Waals surface area contributed by atoms with Crippen molar-refractivity contribution in [2.24, 2.45) is 7.05 Å². The number of fused-ring (bicyclic) bond motifs is 6. The van der Waals surface area contributed by atoms with Crippen LogP contribution in [0.3, 0.4) is 0 Å². The molecule has 3 nitrogen and oxygen atoms in total. The molecule has 0 unspecified atom stereocenters. The molecule has 0 bridgehead atoms.